The number of thioether (sulfide) groups is 1. The molecule has 4 nitrogen and oxygen atoms in total. The Labute approximate surface area is 123 Å². The maximum absolute atomic E-state index is 11.7. The molecule has 0 saturated carbocycles. The van der Waals surface area contributed by atoms with Crippen LogP contribution < -0.4 is 0 Å². The van der Waals surface area contributed by atoms with Gasteiger partial charge in [0, 0.05) is 5.69 Å². The summed E-state index contributed by atoms with van der Waals surface area (Å²) in [6, 6.07) is 4.07. The van der Waals surface area contributed by atoms with Gasteiger partial charge in [0.05, 0.1) is 11.3 Å². The molecule has 1 aromatic rings. The van der Waals surface area contributed by atoms with E-state index in [1.165, 1.54) is 17.3 Å². The Morgan fingerprint density at radius 1 is 1.50 bits per heavy atom. The van der Waals surface area contributed by atoms with E-state index in [1.807, 2.05) is 26.8 Å². The Hall–Kier alpha value is -1.54. The summed E-state index contributed by atoms with van der Waals surface area (Å²) < 4.78 is 5.26. The summed E-state index contributed by atoms with van der Waals surface area (Å²) in [7, 11) is 0. The van der Waals surface area contributed by atoms with Crippen LogP contribution in [0.15, 0.2) is 11.1 Å². The van der Waals surface area contributed by atoms with E-state index >= 15 is 0 Å². The smallest absolute Gasteiger partial charge is 0.316 e. The number of hydrogen-bond donors (Lipinski definition) is 0. The topological polar surface area (TPSA) is 63.0 Å². The summed E-state index contributed by atoms with van der Waals surface area (Å²) in [5, 5.41) is 9.82. The average Bonchev–Trinajstić information content (AvgIpc) is 2.79. The number of aryl methyl sites for hydroxylation is 2. The molecule has 0 amide bonds. The maximum atomic E-state index is 11.7. The number of carbonyl (C=O) groups excluding carboxylic acids is 1. The van der Waals surface area contributed by atoms with Crippen molar-refractivity contribution in [3.63, 3.8) is 0 Å². The van der Waals surface area contributed by atoms with E-state index in [2.05, 4.69) is 11.1 Å². The van der Waals surface area contributed by atoms with Gasteiger partial charge in [-0.15, -0.1) is 0 Å². The molecule has 1 heterocycles. The first-order valence-electron chi connectivity index (χ1n) is 6.66. The van der Waals surface area contributed by atoms with Crippen LogP contribution >= 0.6 is 11.8 Å². The minimum Gasteiger partial charge on any atom is -0.459 e. The molecular formula is C15H18N2O2S. The van der Waals surface area contributed by atoms with Gasteiger partial charge in [-0.1, -0.05) is 11.8 Å². The first kappa shape index (κ1) is 14.9. The predicted octanol–water partition coefficient (Wildman–Crippen LogP) is 2.88. The summed E-state index contributed by atoms with van der Waals surface area (Å²) in [6.07, 6.45) is 3.04. The lowest BCUT2D eigenvalue weighted by Gasteiger charge is -2.19. The second-order valence-corrected chi connectivity index (χ2v) is 6.75. The number of fused-ring (bicyclic) bond motifs is 1. The highest BCUT2D eigenvalue weighted by Gasteiger charge is 2.19. The highest BCUT2D eigenvalue weighted by molar-refractivity contribution is 7.99. The number of esters is 1. The fourth-order valence-corrected chi connectivity index (χ4v) is 2.89. The number of hydrogen-bond acceptors (Lipinski definition) is 5. The standard InChI is InChI=1S/C15H18N2O2S/c1-15(2,3)19-13(18)9-20-14-11(8-16)7-10-5-4-6-12(10)17-14/h7H,4-6,9H2,1-3H3. The van der Waals surface area contributed by atoms with Crippen molar-refractivity contribution < 1.29 is 9.53 Å². The molecule has 0 radical (unpaired) electrons. The van der Waals surface area contributed by atoms with Crippen LogP contribution in [-0.4, -0.2) is 22.3 Å². The first-order valence-corrected chi connectivity index (χ1v) is 7.65. The third-order valence-electron chi connectivity index (χ3n) is 2.88. The molecule has 20 heavy (non-hydrogen) atoms. The van der Waals surface area contributed by atoms with E-state index in [9.17, 15) is 10.1 Å². The summed E-state index contributed by atoms with van der Waals surface area (Å²) >= 11 is 1.28. The van der Waals surface area contributed by atoms with Gasteiger partial charge in [0.25, 0.3) is 0 Å². The Morgan fingerprint density at radius 2 is 2.25 bits per heavy atom. The fourth-order valence-electron chi connectivity index (χ4n) is 2.14. The first-order chi connectivity index (χ1) is 9.39. The van der Waals surface area contributed by atoms with E-state index in [4.69, 9.17) is 4.74 Å². The molecule has 0 fully saturated rings. The average molecular weight is 290 g/mol. The lowest BCUT2D eigenvalue weighted by atomic mass is 10.2. The number of ether oxygens (including phenoxy) is 1. The Kier molecular flexibility index (Phi) is 4.34. The van der Waals surface area contributed by atoms with Gasteiger partial charge in [0.2, 0.25) is 0 Å². The van der Waals surface area contributed by atoms with E-state index in [0.717, 1.165) is 25.0 Å². The van der Waals surface area contributed by atoms with E-state index in [-0.39, 0.29) is 11.7 Å². The molecule has 0 saturated heterocycles. The second-order valence-electron chi connectivity index (χ2n) is 5.79. The van der Waals surface area contributed by atoms with Gasteiger partial charge in [-0.05, 0) is 51.7 Å². The highest BCUT2D eigenvalue weighted by atomic mass is 32.2. The van der Waals surface area contributed by atoms with Crippen molar-refractivity contribution in [2.45, 2.75) is 50.7 Å². The maximum Gasteiger partial charge on any atom is 0.316 e. The van der Waals surface area contributed by atoms with Crippen molar-refractivity contribution in [2.24, 2.45) is 0 Å². The molecule has 0 aliphatic heterocycles. The molecule has 0 bridgehead atoms. The monoisotopic (exact) mass is 290 g/mol. The van der Waals surface area contributed by atoms with Crippen molar-refractivity contribution in [1.82, 2.24) is 4.98 Å². The van der Waals surface area contributed by atoms with Crippen LogP contribution in [0.25, 0.3) is 0 Å². The third-order valence-corrected chi connectivity index (χ3v) is 3.85. The predicted molar refractivity (Wildman–Crippen MR) is 77.5 cm³/mol. The number of nitriles is 1. The van der Waals surface area contributed by atoms with Crippen LogP contribution in [0.1, 0.15) is 44.0 Å². The molecule has 0 aromatic carbocycles. The van der Waals surface area contributed by atoms with Crippen molar-refractivity contribution in [3.8, 4) is 6.07 Å². The molecule has 106 valence electrons. The fraction of sp³-hybridized carbons (Fsp3) is 0.533. The van der Waals surface area contributed by atoms with Crippen LogP contribution in [0.5, 0.6) is 0 Å². The molecular weight excluding hydrogens is 272 g/mol. The molecule has 2 rings (SSSR count). The molecule has 0 N–H and O–H groups in total. The zero-order valence-corrected chi connectivity index (χ0v) is 12.8. The lowest BCUT2D eigenvalue weighted by molar-refractivity contribution is -0.151. The molecule has 0 atom stereocenters. The van der Waals surface area contributed by atoms with Crippen molar-refractivity contribution in [1.29, 1.82) is 5.26 Å². The van der Waals surface area contributed by atoms with Gasteiger partial charge >= 0.3 is 5.97 Å². The normalized spacial score (nSPS) is 13.7. The van der Waals surface area contributed by atoms with Crippen LogP contribution in [0, 0.1) is 11.3 Å². The van der Waals surface area contributed by atoms with Crippen molar-refractivity contribution >= 4 is 17.7 Å². The molecule has 1 aliphatic rings. The number of aromatic nitrogens is 1. The van der Waals surface area contributed by atoms with E-state index < -0.39 is 5.60 Å². The number of rotatable bonds is 3. The Bertz CT molecular complexity index is 570. The quantitative estimate of drug-likeness (QED) is 0.632. The largest absolute Gasteiger partial charge is 0.459 e. The SMILES string of the molecule is CC(C)(C)OC(=O)CSc1nc2c(cc1C#N)CCC2. The van der Waals surface area contributed by atoms with Gasteiger partial charge in [0.15, 0.2) is 0 Å². The van der Waals surface area contributed by atoms with Crippen LogP contribution in [-0.2, 0) is 22.4 Å². The van der Waals surface area contributed by atoms with E-state index in [0.29, 0.717) is 10.6 Å². The zero-order chi connectivity index (χ0) is 14.8. The van der Waals surface area contributed by atoms with Crippen molar-refractivity contribution in [2.75, 3.05) is 5.75 Å². The summed E-state index contributed by atoms with van der Waals surface area (Å²) in [6.45, 7) is 5.51. The van der Waals surface area contributed by atoms with Gasteiger partial charge in [0.1, 0.15) is 16.7 Å². The van der Waals surface area contributed by atoms with Gasteiger partial charge < -0.3 is 4.74 Å². The van der Waals surface area contributed by atoms with Crippen LogP contribution in [0.3, 0.4) is 0 Å². The zero-order valence-electron chi connectivity index (χ0n) is 12.0. The number of nitrogens with zero attached hydrogens (tertiary/aromatic N) is 2. The minimum atomic E-state index is -0.485. The van der Waals surface area contributed by atoms with Crippen molar-refractivity contribution in [3.05, 3.63) is 22.9 Å². The summed E-state index contributed by atoms with van der Waals surface area (Å²) in [5.74, 6) is -0.105. The number of pyridine rings is 1. The molecule has 0 unspecified atom stereocenters. The molecule has 1 aromatic heterocycles. The lowest BCUT2D eigenvalue weighted by Crippen LogP contribution is -2.25. The number of carbonyl (C=O) groups is 1. The molecule has 5 heteroatoms. The Balaban J connectivity index is 2.07. The highest BCUT2D eigenvalue weighted by Crippen LogP contribution is 2.28. The Morgan fingerprint density at radius 3 is 2.90 bits per heavy atom. The second kappa shape index (κ2) is 5.84. The molecule has 1 aliphatic carbocycles. The van der Waals surface area contributed by atoms with Crippen LogP contribution in [0.2, 0.25) is 0 Å². The molecule has 0 spiro atoms. The minimum absolute atomic E-state index is 0.178. The summed E-state index contributed by atoms with van der Waals surface area (Å²) in [4.78, 5) is 16.2. The summed E-state index contributed by atoms with van der Waals surface area (Å²) in [5.41, 5.74) is 2.30. The van der Waals surface area contributed by atoms with Crippen LogP contribution in [0.4, 0.5) is 0 Å². The van der Waals surface area contributed by atoms with E-state index in [1.54, 1.807) is 0 Å². The van der Waals surface area contributed by atoms with Gasteiger partial charge in [-0.2, -0.15) is 5.26 Å². The third kappa shape index (κ3) is 3.73. The van der Waals surface area contributed by atoms with Gasteiger partial charge in [-0.25, -0.2) is 4.98 Å². The van der Waals surface area contributed by atoms with Gasteiger partial charge in [-0.3, -0.25) is 4.79 Å².